The first-order valence-corrected chi connectivity index (χ1v) is 5.03. The minimum atomic E-state index is -0.310. The maximum Gasteiger partial charge on any atom is 0.208 e. The number of nitrogens with zero attached hydrogens (tertiary/aromatic N) is 1. The van der Waals surface area contributed by atoms with Crippen LogP contribution in [0.4, 0.5) is 0 Å². The van der Waals surface area contributed by atoms with E-state index in [1.54, 1.807) is 0 Å². The number of ether oxygens (including phenoxy) is 2. The monoisotopic (exact) mass is 203 g/mol. The van der Waals surface area contributed by atoms with Gasteiger partial charge in [0.15, 0.2) is 6.29 Å². The average Bonchev–Trinajstić information content (AvgIpc) is 2.15. The number of rotatable bonds is 5. The molecule has 5 nitrogen and oxygen atoms in total. The molecule has 0 N–H and O–H groups in total. The first-order chi connectivity index (χ1) is 6.68. The molecule has 1 aliphatic rings. The lowest BCUT2D eigenvalue weighted by atomic mass is 10.2. The van der Waals surface area contributed by atoms with Gasteiger partial charge >= 0.3 is 0 Å². The molecule has 0 aromatic rings. The van der Waals surface area contributed by atoms with Gasteiger partial charge in [0.25, 0.3) is 0 Å². The number of nitro groups is 1. The molecule has 0 spiro atoms. The highest BCUT2D eigenvalue weighted by Crippen LogP contribution is 2.14. The zero-order chi connectivity index (χ0) is 10.4. The fourth-order valence-corrected chi connectivity index (χ4v) is 1.42. The summed E-state index contributed by atoms with van der Waals surface area (Å²) in [4.78, 5) is 9.87. The molecular formula is C9H17NO4. The molecule has 0 saturated carbocycles. The molecule has 1 rings (SSSR count). The second-order valence-corrected chi connectivity index (χ2v) is 3.75. The Kier molecular flexibility index (Phi) is 4.82. The van der Waals surface area contributed by atoms with Crippen molar-refractivity contribution in [1.82, 2.24) is 0 Å². The molecule has 2 atom stereocenters. The molecule has 0 bridgehead atoms. The van der Waals surface area contributed by atoms with Crippen molar-refractivity contribution in [3.8, 4) is 0 Å². The fourth-order valence-electron chi connectivity index (χ4n) is 1.42. The van der Waals surface area contributed by atoms with Gasteiger partial charge in [-0.2, -0.15) is 0 Å². The van der Waals surface area contributed by atoms with Crippen molar-refractivity contribution in [2.24, 2.45) is 5.92 Å². The Hall–Kier alpha value is -0.680. The van der Waals surface area contributed by atoms with Crippen LogP contribution in [0.3, 0.4) is 0 Å². The quantitative estimate of drug-likeness (QED) is 0.501. The molecule has 0 aliphatic carbocycles. The topological polar surface area (TPSA) is 61.6 Å². The summed E-state index contributed by atoms with van der Waals surface area (Å²) in [5, 5.41) is 10.2. The highest BCUT2D eigenvalue weighted by molar-refractivity contribution is 4.55. The average molecular weight is 203 g/mol. The smallest absolute Gasteiger partial charge is 0.208 e. The summed E-state index contributed by atoms with van der Waals surface area (Å²) in [6, 6.07) is 0. The van der Waals surface area contributed by atoms with Crippen LogP contribution in [0.2, 0.25) is 0 Å². The Morgan fingerprint density at radius 2 is 2.43 bits per heavy atom. The van der Waals surface area contributed by atoms with Crippen LogP contribution in [0.15, 0.2) is 0 Å². The SMILES string of the molecule is C[C@@H](COC1CCCCO1)C[N+](=O)[O-]. The number of hydrogen-bond donors (Lipinski definition) is 0. The van der Waals surface area contributed by atoms with E-state index in [0.29, 0.717) is 6.61 Å². The summed E-state index contributed by atoms with van der Waals surface area (Å²) in [5.74, 6) is -0.0458. The third kappa shape index (κ3) is 4.53. The highest BCUT2D eigenvalue weighted by atomic mass is 16.7. The Bertz CT molecular complexity index is 180. The maximum atomic E-state index is 10.2. The van der Waals surface area contributed by atoms with Gasteiger partial charge in [-0.15, -0.1) is 0 Å². The minimum Gasteiger partial charge on any atom is -0.353 e. The Labute approximate surface area is 83.5 Å². The predicted molar refractivity (Wildman–Crippen MR) is 50.6 cm³/mol. The molecular weight excluding hydrogens is 186 g/mol. The molecule has 14 heavy (non-hydrogen) atoms. The van der Waals surface area contributed by atoms with Crippen LogP contribution in [0.1, 0.15) is 26.2 Å². The molecule has 1 heterocycles. The van der Waals surface area contributed by atoms with E-state index in [9.17, 15) is 10.1 Å². The van der Waals surface area contributed by atoms with E-state index in [1.165, 1.54) is 0 Å². The van der Waals surface area contributed by atoms with Crippen LogP contribution in [0.25, 0.3) is 0 Å². The van der Waals surface area contributed by atoms with Gasteiger partial charge in [0.05, 0.1) is 6.61 Å². The van der Waals surface area contributed by atoms with Gasteiger partial charge in [-0.3, -0.25) is 10.1 Å². The van der Waals surface area contributed by atoms with Crippen molar-refractivity contribution in [3.05, 3.63) is 10.1 Å². The van der Waals surface area contributed by atoms with E-state index in [-0.39, 0.29) is 23.7 Å². The summed E-state index contributed by atoms with van der Waals surface area (Å²) in [6.45, 7) is 2.93. The second-order valence-electron chi connectivity index (χ2n) is 3.75. The van der Waals surface area contributed by atoms with E-state index in [1.807, 2.05) is 6.92 Å². The van der Waals surface area contributed by atoms with Gasteiger partial charge in [0.1, 0.15) is 0 Å². The van der Waals surface area contributed by atoms with Crippen molar-refractivity contribution in [2.45, 2.75) is 32.5 Å². The van der Waals surface area contributed by atoms with Crippen LogP contribution >= 0.6 is 0 Å². The summed E-state index contributed by atoms with van der Waals surface area (Å²) in [7, 11) is 0. The summed E-state index contributed by atoms with van der Waals surface area (Å²) in [6.07, 6.45) is 2.97. The normalized spacial score (nSPS) is 24.5. The Balaban J connectivity index is 2.09. The maximum absolute atomic E-state index is 10.2. The molecule has 0 aromatic carbocycles. The lowest BCUT2D eigenvalue weighted by molar-refractivity contribution is -0.488. The molecule has 82 valence electrons. The van der Waals surface area contributed by atoms with Crippen molar-refractivity contribution in [2.75, 3.05) is 19.8 Å². The van der Waals surface area contributed by atoms with E-state index < -0.39 is 0 Å². The van der Waals surface area contributed by atoms with Crippen LogP contribution in [-0.2, 0) is 9.47 Å². The Morgan fingerprint density at radius 1 is 1.64 bits per heavy atom. The molecule has 1 unspecified atom stereocenters. The molecule has 0 aromatic heterocycles. The van der Waals surface area contributed by atoms with Crippen LogP contribution in [0, 0.1) is 16.0 Å². The third-order valence-electron chi connectivity index (χ3n) is 2.17. The van der Waals surface area contributed by atoms with Gasteiger partial charge in [-0.25, -0.2) is 0 Å². The van der Waals surface area contributed by atoms with Crippen molar-refractivity contribution < 1.29 is 14.4 Å². The predicted octanol–water partition coefficient (Wildman–Crippen LogP) is 1.44. The van der Waals surface area contributed by atoms with Crippen molar-refractivity contribution in [3.63, 3.8) is 0 Å². The first-order valence-electron chi connectivity index (χ1n) is 5.03. The Morgan fingerprint density at radius 3 is 3.00 bits per heavy atom. The van der Waals surface area contributed by atoms with Gasteiger partial charge in [0, 0.05) is 17.4 Å². The zero-order valence-electron chi connectivity index (χ0n) is 8.48. The van der Waals surface area contributed by atoms with Crippen LogP contribution in [-0.4, -0.2) is 31.0 Å². The van der Waals surface area contributed by atoms with Gasteiger partial charge < -0.3 is 9.47 Å². The van der Waals surface area contributed by atoms with Gasteiger partial charge in [0.2, 0.25) is 6.54 Å². The summed E-state index contributed by atoms with van der Waals surface area (Å²) in [5.41, 5.74) is 0. The standard InChI is InChI=1S/C9H17NO4/c1-8(6-10(11)12)7-14-9-4-2-3-5-13-9/h8-9H,2-7H2,1H3/t8-,9?/m1/s1. The van der Waals surface area contributed by atoms with E-state index in [4.69, 9.17) is 9.47 Å². The van der Waals surface area contributed by atoms with Crippen LogP contribution in [0.5, 0.6) is 0 Å². The van der Waals surface area contributed by atoms with E-state index in [0.717, 1.165) is 25.9 Å². The fraction of sp³-hybridized carbons (Fsp3) is 1.00. The minimum absolute atomic E-state index is 0.0350. The number of hydrogen-bond acceptors (Lipinski definition) is 4. The highest BCUT2D eigenvalue weighted by Gasteiger charge is 2.17. The van der Waals surface area contributed by atoms with Crippen LogP contribution < -0.4 is 0 Å². The molecule has 1 saturated heterocycles. The molecule has 0 radical (unpaired) electrons. The third-order valence-corrected chi connectivity index (χ3v) is 2.17. The molecule has 5 heteroatoms. The summed E-state index contributed by atoms with van der Waals surface area (Å²) < 4.78 is 10.8. The largest absolute Gasteiger partial charge is 0.353 e. The zero-order valence-corrected chi connectivity index (χ0v) is 8.48. The second kappa shape index (κ2) is 5.93. The lowest BCUT2D eigenvalue weighted by Crippen LogP contribution is -2.26. The van der Waals surface area contributed by atoms with E-state index in [2.05, 4.69) is 0 Å². The van der Waals surface area contributed by atoms with Crippen molar-refractivity contribution >= 4 is 0 Å². The molecule has 1 aliphatic heterocycles. The van der Waals surface area contributed by atoms with Crippen molar-refractivity contribution in [1.29, 1.82) is 0 Å². The molecule has 1 fully saturated rings. The van der Waals surface area contributed by atoms with Gasteiger partial charge in [-0.05, 0) is 19.3 Å². The van der Waals surface area contributed by atoms with E-state index >= 15 is 0 Å². The first kappa shape index (κ1) is 11.4. The summed E-state index contributed by atoms with van der Waals surface area (Å²) >= 11 is 0. The molecule has 0 amide bonds. The van der Waals surface area contributed by atoms with Gasteiger partial charge in [-0.1, -0.05) is 6.92 Å². The lowest BCUT2D eigenvalue weighted by Gasteiger charge is -2.23.